The lowest BCUT2D eigenvalue weighted by Gasteiger charge is -2.12. The van der Waals surface area contributed by atoms with Crippen LogP contribution in [0.25, 0.3) is 0 Å². The molecule has 1 amide bonds. The Hall–Kier alpha value is -1.07. The van der Waals surface area contributed by atoms with E-state index in [2.05, 4.69) is 45.6 Å². The van der Waals surface area contributed by atoms with E-state index < -0.39 is 0 Å². The third-order valence-corrected chi connectivity index (χ3v) is 4.15. The van der Waals surface area contributed by atoms with Crippen LogP contribution in [-0.4, -0.2) is 25.1 Å². The van der Waals surface area contributed by atoms with Gasteiger partial charge in [-0.25, -0.2) is 0 Å². The molecule has 2 N–H and O–H groups in total. The average Bonchev–Trinajstić information content (AvgIpc) is 2.91. The van der Waals surface area contributed by atoms with Crippen molar-refractivity contribution in [2.75, 3.05) is 13.2 Å². The SMILES string of the molecule is CCC(C)NC(=O)CCNCc1cc(Br)cc2c1OCC2. The molecule has 1 aliphatic rings. The fourth-order valence-corrected chi connectivity index (χ4v) is 2.90. The number of fused-ring (bicyclic) bond motifs is 1. The quantitative estimate of drug-likeness (QED) is 0.740. The van der Waals surface area contributed by atoms with Gasteiger partial charge in [0.2, 0.25) is 5.91 Å². The molecule has 1 atom stereocenters. The molecule has 0 aliphatic carbocycles. The summed E-state index contributed by atoms with van der Waals surface area (Å²) in [5.41, 5.74) is 2.41. The van der Waals surface area contributed by atoms with Crippen LogP contribution in [0.2, 0.25) is 0 Å². The highest BCUT2D eigenvalue weighted by Gasteiger charge is 2.17. The summed E-state index contributed by atoms with van der Waals surface area (Å²) in [5.74, 6) is 1.11. The minimum atomic E-state index is 0.104. The van der Waals surface area contributed by atoms with Crippen molar-refractivity contribution in [3.8, 4) is 5.75 Å². The van der Waals surface area contributed by atoms with Crippen LogP contribution >= 0.6 is 15.9 Å². The predicted octanol–water partition coefficient (Wildman–Crippen LogP) is 2.78. The number of halogens is 1. The fraction of sp³-hybridized carbons (Fsp3) is 0.562. The Bertz CT molecular complexity index is 505. The van der Waals surface area contributed by atoms with Crippen LogP contribution in [0.3, 0.4) is 0 Å². The normalized spacial score (nSPS) is 14.4. The van der Waals surface area contributed by atoms with Crippen molar-refractivity contribution in [2.24, 2.45) is 0 Å². The molecule has 2 rings (SSSR count). The Labute approximate surface area is 134 Å². The van der Waals surface area contributed by atoms with Gasteiger partial charge in [0.05, 0.1) is 6.61 Å². The van der Waals surface area contributed by atoms with E-state index in [0.717, 1.165) is 41.8 Å². The van der Waals surface area contributed by atoms with E-state index in [1.54, 1.807) is 0 Å². The van der Waals surface area contributed by atoms with E-state index in [-0.39, 0.29) is 11.9 Å². The first kappa shape index (κ1) is 16.3. The molecule has 116 valence electrons. The lowest BCUT2D eigenvalue weighted by atomic mass is 10.1. The van der Waals surface area contributed by atoms with Crippen LogP contribution in [0.5, 0.6) is 5.75 Å². The van der Waals surface area contributed by atoms with E-state index in [0.29, 0.717) is 13.0 Å². The van der Waals surface area contributed by atoms with Crippen LogP contribution in [0.15, 0.2) is 16.6 Å². The van der Waals surface area contributed by atoms with Gasteiger partial charge in [-0.1, -0.05) is 22.9 Å². The molecular formula is C16H23BrN2O2. The lowest BCUT2D eigenvalue weighted by Crippen LogP contribution is -2.33. The highest BCUT2D eigenvalue weighted by atomic mass is 79.9. The Kier molecular flexibility index (Phi) is 6.06. The molecule has 1 unspecified atom stereocenters. The number of nitrogens with one attached hydrogen (secondary N) is 2. The Morgan fingerprint density at radius 1 is 1.48 bits per heavy atom. The van der Waals surface area contributed by atoms with E-state index in [1.165, 1.54) is 5.56 Å². The molecule has 21 heavy (non-hydrogen) atoms. The van der Waals surface area contributed by atoms with Crippen molar-refractivity contribution in [3.05, 3.63) is 27.7 Å². The van der Waals surface area contributed by atoms with Crippen molar-refractivity contribution >= 4 is 21.8 Å². The van der Waals surface area contributed by atoms with Crippen molar-refractivity contribution in [1.29, 1.82) is 0 Å². The van der Waals surface area contributed by atoms with Gasteiger partial charge < -0.3 is 15.4 Å². The molecular weight excluding hydrogens is 332 g/mol. The van der Waals surface area contributed by atoms with Crippen LogP contribution in [0.1, 0.15) is 37.8 Å². The van der Waals surface area contributed by atoms with Crippen molar-refractivity contribution in [2.45, 2.75) is 45.7 Å². The van der Waals surface area contributed by atoms with Gasteiger partial charge in [0.25, 0.3) is 0 Å². The van der Waals surface area contributed by atoms with Crippen molar-refractivity contribution < 1.29 is 9.53 Å². The number of benzene rings is 1. The van der Waals surface area contributed by atoms with Crippen molar-refractivity contribution in [3.63, 3.8) is 0 Å². The molecule has 0 aromatic heterocycles. The Balaban J connectivity index is 1.78. The second kappa shape index (κ2) is 7.80. The first-order chi connectivity index (χ1) is 10.1. The van der Waals surface area contributed by atoms with Crippen LogP contribution in [0.4, 0.5) is 0 Å². The molecule has 4 nitrogen and oxygen atoms in total. The summed E-state index contributed by atoms with van der Waals surface area (Å²) in [4.78, 5) is 11.7. The topological polar surface area (TPSA) is 50.4 Å². The third kappa shape index (κ3) is 4.71. The first-order valence-corrected chi connectivity index (χ1v) is 8.33. The van der Waals surface area contributed by atoms with Gasteiger partial charge >= 0.3 is 0 Å². The highest BCUT2D eigenvalue weighted by molar-refractivity contribution is 9.10. The minimum Gasteiger partial charge on any atom is -0.493 e. The van der Waals surface area contributed by atoms with Gasteiger partial charge in [-0.15, -0.1) is 0 Å². The molecule has 0 saturated carbocycles. The van der Waals surface area contributed by atoms with E-state index >= 15 is 0 Å². The van der Waals surface area contributed by atoms with E-state index in [9.17, 15) is 4.79 Å². The molecule has 1 aromatic carbocycles. The third-order valence-electron chi connectivity index (χ3n) is 3.69. The number of carbonyl (C=O) groups excluding carboxylic acids is 1. The van der Waals surface area contributed by atoms with Crippen LogP contribution in [-0.2, 0) is 17.8 Å². The molecule has 0 bridgehead atoms. The van der Waals surface area contributed by atoms with E-state index in [4.69, 9.17) is 4.74 Å². The summed E-state index contributed by atoms with van der Waals surface area (Å²) in [6.07, 6.45) is 2.43. The number of carbonyl (C=O) groups is 1. The predicted molar refractivity (Wildman–Crippen MR) is 87.6 cm³/mol. The summed E-state index contributed by atoms with van der Waals surface area (Å²) in [6.45, 7) is 6.24. The van der Waals surface area contributed by atoms with Gasteiger partial charge in [0.1, 0.15) is 5.75 Å². The zero-order valence-electron chi connectivity index (χ0n) is 12.7. The van der Waals surface area contributed by atoms with Crippen molar-refractivity contribution in [1.82, 2.24) is 10.6 Å². The fourth-order valence-electron chi connectivity index (χ4n) is 2.35. The first-order valence-electron chi connectivity index (χ1n) is 7.54. The summed E-state index contributed by atoms with van der Waals surface area (Å²) >= 11 is 3.54. The minimum absolute atomic E-state index is 0.104. The number of amides is 1. The van der Waals surface area contributed by atoms with Gasteiger partial charge in [-0.2, -0.15) is 0 Å². The smallest absolute Gasteiger partial charge is 0.221 e. The molecule has 0 saturated heterocycles. The zero-order chi connectivity index (χ0) is 15.2. The summed E-state index contributed by atoms with van der Waals surface area (Å²) in [7, 11) is 0. The summed E-state index contributed by atoms with van der Waals surface area (Å²) in [5, 5.41) is 6.29. The molecule has 0 radical (unpaired) electrons. The van der Waals surface area contributed by atoms with Crippen LogP contribution < -0.4 is 15.4 Å². The Morgan fingerprint density at radius 2 is 2.29 bits per heavy atom. The standard InChI is InChI=1S/C16H23BrN2O2/c1-3-11(2)19-15(20)4-6-18-10-13-9-14(17)8-12-5-7-21-16(12)13/h8-9,11,18H,3-7,10H2,1-2H3,(H,19,20). The number of ether oxygens (including phenoxy) is 1. The van der Waals surface area contributed by atoms with Crippen LogP contribution in [0, 0.1) is 0 Å². The van der Waals surface area contributed by atoms with E-state index in [1.807, 2.05) is 6.92 Å². The van der Waals surface area contributed by atoms with Gasteiger partial charge in [-0.3, -0.25) is 4.79 Å². The maximum Gasteiger partial charge on any atom is 0.221 e. The average molecular weight is 355 g/mol. The molecule has 5 heteroatoms. The lowest BCUT2D eigenvalue weighted by molar-refractivity contribution is -0.121. The van der Waals surface area contributed by atoms with Gasteiger partial charge in [0.15, 0.2) is 0 Å². The second-order valence-electron chi connectivity index (χ2n) is 5.46. The highest BCUT2D eigenvalue weighted by Crippen LogP contribution is 2.32. The number of hydrogen-bond donors (Lipinski definition) is 2. The molecule has 0 fully saturated rings. The molecule has 0 spiro atoms. The summed E-state index contributed by atoms with van der Waals surface area (Å²) < 4.78 is 6.77. The second-order valence-corrected chi connectivity index (χ2v) is 6.37. The molecule has 1 aliphatic heterocycles. The monoisotopic (exact) mass is 354 g/mol. The van der Waals surface area contributed by atoms with Gasteiger partial charge in [0, 0.05) is 42.0 Å². The maximum absolute atomic E-state index is 11.7. The van der Waals surface area contributed by atoms with Gasteiger partial charge in [-0.05, 0) is 31.0 Å². The number of rotatable bonds is 7. The maximum atomic E-state index is 11.7. The Morgan fingerprint density at radius 3 is 3.05 bits per heavy atom. The largest absolute Gasteiger partial charge is 0.493 e. The zero-order valence-corrected chi connectivity index (χ0v) is 14.3. The summed E-state index contributed by atoms with van der Waals surface area (Å²) in [6, 6.07) is 4.45. The molecule has 1 heterocycles. The number of hydrogen-bond acceptors (Lipinski definition) is 3. The molecule has 1 aromatic rings.